The van der Waals surface area contributed by atoms with E-state index < -0.39 is 23.9 Å². The Balaban J connectivity index is 0.000000304. The summed E-state index contributed by atoms with van der Waals surface area (Å²) in [7, 11) is 2.21. The monoisotopic (exact) mass is 601 g/mol. The Morgan fingerprint density at radius 3 is 1.80 bits per heavy atom. The van der Waals surface area contributed by atoms with E-state index in [0.717, 1.165) is 11.6 Å². The fourth-order valence-corrected chi connectivity index (χ4v) is 5.22. The van der Waals surface area contributed by atoms with Crippen molar-refractivity contribution in [1.82, 2.24) is 9.80 Å². The number of anilines is 2. The number of aliphatic carboxylic acids is 4. The van der Waals surface area contributed by atoms with Crippen LogP contribution in [0.15, 0.2) is 76.6 Å². The molecule has 13 heteroatoms. The van der Waals surface area contributed by atoms with E-state index in [1.54, 1.807) is 0 Å². The van der Waals surface area contributed by atoms with Crippen LogP contribution in [0.4, 0.5) is 11.4 Å². The molecule has 0 N–H and O–H groups in total. The van der Waals surface area contributed by atoms with Gasteiger partial charge < -0.3 is 54.3 Å². The van der Waals surface area contributed by atoms with Crippen molar-refractivity contribution in [3.05, 3.63) is 71.8 Å². The molecule has 2 aromatic rings. The molecule has 0 spiro atoms. The summed E-state index contributed by atoms with van der Waals surface area (Å²) >= 11 is 8.05. The number of carbonyl (C=O) groups excluding carboxylic acids is 4. The minimum absolute atomic E-state index is 0.384. The molecular formula is C28H28ClN3O8S-4. The summed E-state index contributed by atoms with van der Waals surface area (Å²) in [5, 5.41) is 38.5. The predicted octanol–water partition coefficient (Wildman–Crippen LogP) is -1.33. The molecule has 0 aliphatic carbocycles. The topological polar surface area (TPSA) is 170 Å². The third-order valence-electron chi connectivity index (χ3n) is 5.75. The molecule has 0 bridgehead atoms. The molecule has 0 amide bonds. The average molecular weight is 602 g/mol. The van der Waals surface area contributed by atoms with Crippen molar-refractivity contribution >= 4 is 58.6 Å². The molecule has 0 saturated carbocycles. The molecule has 2 aliphatic rings. The SMILES string of the molecule is CN1CCN(CCCN2c3ccccc3Sc3cc(Cl)ccc32)CC1.O=C([O-])/C=C\C(=O)[O-].O=C([O-])/C=C\C(=O)[O-]. The van der Waals surface area contributed by atoms with Gasteiger partial charge >= 0.3 is 0 Å². The lowest BCUT2D eigenvalue weighted by Gasteiger charge is -2.35. The normalized spacial score (nSPS) is 14.7. The first-order valence-electron chi connectivity index (χ1n) is 12.4. The van der Waals surface area contributed by atoms with Crippen LogP contribution in [0.1, 0.15) is 6.42 Å². The van der Waals surface area contributed by atoms with Crippen LogP contribution in [0, 0.1) is 0 Å². The Morgan fingerprint density at radius 2 is 1.27 bits per heavy atom. The van der Waals surface area contributed by atoms with Crippen molar-refractivity contribution in [1.29, 1.82) is 0 Å². The maximum atomic E-state index is 9.41. The number of hydrogen-bond acceptors (Lipinski definition) is 12. The van der Waals surface area contributed by atoms with E-state index >= 15 is 0 Å². The Bertz CT molecular complexity index is 1210. The molecule has 0 atom stereocenters. The van der Waals surface area contributed by atoms with Gasteiger partial charge in [0.15, 0.2) is 0 Å². The minimum atomic E-state index is -1.55. The molecule has 220 valence electrons. The first-order chi connectivity index (χ1) is 19.5. The third-order valence-corrected chi connectivity index (χ3v) is 7.10. The molecule has 2 heterocycles. The van der Waals surface area contributed by atoms with E-state index in [4.69, 9.17) is 11.6 Å². The Kier molecular flexibility index (Phi) is 13.9. The van der Waals surface area contributed by atoms with E-state index in [2.05, 4.69) is 58.1 Å². The summed E-state index contributed by atoms with van der Waals surface area (Å²) in [5.74, 6) is -6.19. The van der Waals surface area contributed by atoms with Crippen LogP contribution < -0.4 is 25.3 Å². The fraction of sp³-hybridized carbons (Fsp3) is 0.286. The largest absolute Gasteiger partial charge is 0.545 e. The van der Waals surface area contributed by atoms with Gasteiger partial charge in [-0.25, -0.2) is 0 Å². The summed E-state index contributed by atoms with van der Waals surface area (Å²) in [6.07, 6.45) is 2.71. The van der Waals surface area contributed by atoms with Gasteiger partial charge in [0.05, 0.1) is 35.3 Å². The number of para-hydroxylation sites is 1. The first-order valence-corrected chi connectivity index (χ1v) is 13.6. The predicted molar refractivity (Wildman–Crippen MR) is 146 cm³/mol. The van der Waals surface area contributed by atoms with Crippen molar-refractivity contribution in [3.8, 4) is 0 Å². The summed E-state index contributed by atoms with van der Waals surface area (Å²) in [6.45, 7) is 6.96. The Labute approximate surface area is 246 Å². The second-order valence-corrected chi connectivity index (χ2v) is 10.3. The lowest BCUT2D eigenvalue weighted by atomic mass is 10.2. The van der Waals surface area contributed by atoms with Crippen molar-refractivity contribution < 1.29 is 39.6 Å². The van der Waals surface area contributed by atoms with Gasteiger partial charge in [0, 0.05) is 47.5 Å². The van der Waals surface area contributed by atoms with Crippen LogP contribution in [-0.4, -0.2) is 80.0 Å². The summed E-state index contributed by atoms with van der Waals surface area (Å²) in [4.78, 5) is 47.7. The second kappa shape index (κ2) is 17.1. The van der Waals surface area contributed by atoms with Gasteiger partial charge in [0.25, 0.3) is 0 Å². The number of carboxylic acids is 4. The van der Waals surface area contributed by atoms with Crippen LogP contribution in [0.5, 0.6) is 0 Å². The minimum Gasteiger partial charge on any atom is -0.545 e. The lowest BCUT2D eigenvalue weighted by Crippen LogP contribution is -2.45. The first kappa shape index (κ1) is 33.4. The van der Waals surface area contributed by atoms with E-state index in [-0.39, 0.29) is 0 Å². The van der Waals surface area contributed by atoms with Crippen LogP contribution >= 0.6 is 23.4 Å². The van der Waals surface area contributed by atoms with Crippen LogP contribution in [-0.2, 0) is 19.2 Å². The highest BCUT2D eigenvalue weighted by molar-refractivity contribution is 7.99. The molecule has 11 nitrogen and oxygen atoms in total. The molecule has 1 saturated heterocycles. The number of halogens is 1. The average Bonchev–Trinajstić information content (AvgIpc) is 2.92. The molecule has 2 aromatic carbocycles. The van der Waals surface area contributed by atoms with Gasteiger partial charge in [-0.3, -0.25) is 0 Å². The number of nitrogens with zero attached hydrogens (tertiary/aromatic N) is 3. The van der Waals surface area contributed by atoms with Gasteiger partial charge in [-0.15, -0.1) is 0 Å². The van der Waals surface area contributed by atoms with Crippen molar-refractivity contribution in [2.45, 2.75) is 16.2 Å². The van der Waals surface area contributed by atoms with Gasteiger partial charge in [-0.1, -0.05) is 35.5 Å². The van der Waals surface area contributed by atoms with E-state index in [1.165, 1.54) is 60.3 Å². The smallest absolute Gasteiger partial charge is 0.0643 e. The zero-order chi connectivity index (χ0) is 30.4. The Hall–Kier alpha value is -3.84. The maximum absolute atomic E-state index is 9.41. The highest BCUT2D eigenvalue weighted by atomic mass is 35.5. The highest BCUT2D eigenvalue weighted by Gasteiger charge is 2.23. The van der Waals surface area contributed by atoms with Crippen LogP contribution in [0.3, 0.4) is 0 Å². The zero-order valence-electron chi connectivity index (χ0n) is 22.2. The molecule has 0 aromatic heterocycles. The molecule has 4 rings (SSSR count). The maximum Gasteiger partial charge on any atom is 0.0643 e. The van der Waals surface area contributed by atoms with E-state index in [9.17, 15) is 39.6 Å². The standard InChI is InChI=1S/C20H24ClN3S.2C4H4O4/c1-22-11-13-23(14-12-22)9-4-10-24-17-5-2-3-6-19(17)25-20-15-16(21)7-8-18(20)24;2*5-3(6)1-2-4(7)8/h2-3,5-8,15H,4,9-14H2,1H3;2*1-2H,(H,5,6)(H,7,8)/p-4/b;2*2-1-. The molecule has 0 radical (unpaired) electrons. The molecule has 1 fully saturated rings. The molecule has 0 unspecified atom stereocenters. The van der Waals surface area contributed by atoms with Crippen molar-refractivity contribution in [2.75, 3.05) is 51.2 Å². The van der Waals surface area contributed by atoms with Gasteiger partial charge in [-0.2, -0.15) is 0 Å². The number of fused-ring (bicyclic) bond motifs is 2. The quantitative estimate of drug-likeness (QED) is 0.327. The number of carbonyl (C=O) groups is 4. The number of likely N-dealkylation sites (N-methyl/N-ethyl adjacent to an activating group) is 1. The zero-order valence-corrected chi connectivity index (χ0v) is 23.8. The van der Waals surface area contributed by atoms with E-state index in [1.807, 2.05) is 17.8 Å². The molecule has 2 aliphatic heterocycles. The number of rotatable bonds is 8. The number of carboxylic acid groups (broad SMARTS) is 4. The fourth-order valence-electron chi connectivity index (χ4n) is 3.84. The summed E-state index contributed by atoms with van der Waals surface area (Å²) in [6, 6.07) is 14.9. The van der Waals surface area contributed by atoms with Crippen LogP contribution in [0.25, 0.3) is 0 Å². The third kappa shape index (κ3) is 12.5. The van der Waals surface area contributed by atoms with Gasteiger partial charge in [-0.05, 0) is 74.6 Å². The molecular weight excluding hydrogens is 574 g/mol. The van der Waals surface area contributed by atoms with Crippen molar-refractivity contribution in [2.24, 2.45) is 0 Å². The highest BCUT2D eigenvalue weighted by Crippen LogP contribution is 2.48. The van der Waals surface area contributed by atoms with Gasteiger partial charge in [0.1, 0.15) is 0 Å². The van der Waals surface area contributed by atoms with Gasteiger partial charge in [0.2, 0.25) is 0 Å². The number of benzene rings is 2. The van der Waals surface area contributed by atoms with Crippen molar-refractivity contribution in [3.63, 3.8) is 0 Å². The Morgan fingerprint density at radius 1 is 0.756 bits per heavy atom. The van der Waals surface area contributed by atoms with E-state index in [0.29, 0.717) is 24.3 Å². The lowest BCUT2D eigenvalue weighted by molar-refractivity contribution is -0.301. The van der Waals surface area contributed by atoms with Crippen LogP contribution in [0.2, 0.25) is 5.02 Å². The molecule has 41 heavy (non-hydrogen) atoms. The second-order valence-electron chi connectivity index (χ2n) is 8.77. The number of hydrogen-bond donors (Lipinski definition) is 0. The summed E-state index contributed by atoms with van der Waals surface area (Å²) in [5.41, 5.74) is 2.60. The summed E-state index contributed by atoms with van der Waals surface area (Å²) < 4.78 is 0. The number of piperazine rings is 1.